The Morgan fingerprint density at radius 3 is 2.89 bits per heavy atom. The van der Waals surface area contributed by atoms with Crippen molar-refractivity contribution in [2.45, 2.75) is 19.4 Å². The zero-order valence-electron chi connectivity index (χ0n) is 10.1. The van der Waals surface area contributed by atoms with Gasteiger partial charge in [-0.15, -0.1) is 22.9 Å². The molecular formula is C13H14ClNO2S. The Bertz CT molecular complexity index is 488. The molecule has 2 aromatic rings. The summed E-state index contributed by atoms with van der Waals surface area (Å²) in [5, 5.41) is 2.86. The van der Waals surface area contributed by atoms with Crippen molar-refractivity contribution >= 4 is 22.9 Å². The summed E-state index contributed by atoms with van der Waals surface area (Å²) in [6, 6.07) is 5.74. The highest BCUT2D eigenvalue weighted by Gasteiger charge is 2.11. The van der Waals surface area contributed by atoms with Crippen molar-refractivity contribution in [3.63, 3.8) is 0 Å². The standard InChI is InChI=1S/C13H14ClNO2S/c1-2-16-11-5-3-4-10(8-14)13(11)17-9-12-15-6-7-18-12/h3-7H,2,8-9H2,1H3. The Kier molecular flexibility index (Phi) is 4.84. The first kappa shape index (κ1) is 13.2. The van der Waals surface area contributed by atoms with E-state index in [1.807, 2.05) is 30.5 Å². The predicted molar refractivity (Wildman–Crippen MR) is 73.6 cm³/mol. The molecule has 1 aromatic carbocycles. The summed E-state index contributed by atoms with van der Waals surface area (Å²) in [6.07, 6.45) is 1.76. The minimum atomic E-state index is 0.397. The molecule has 0 fully saturated rings. The molecule has 3 nitrogen and oxygen atoms in total. The molecule has 0 aliphatic heterocycles. The fourth-order valence-electron chi connectivity index (χ4n) is 1.56. The predicted octanol–water partition coefficient (Wildman–Crippen LogP) is 3.86. The Morgan fingerprint density at radius 2 is 2.22 bits per heavy atom. The first-order valence-corrected chi connectivity index (χ1v) is 7.08. The molecule has 2 rings (SSSR count). The van der Waals surface area contributed by atoms with E-state index >= 15 is 0 Å². The molecule has 0 saturated heterocycles. The SMILES string of the molecule is CCOc1cccc(CCl)c1OCc1nccs1. The summed E-state index contributed by atoms with van der Waals surface area (Å²) < 4.78 is 11.3. The second-order valence-electron chi connectivity index (χ2n) is 3.53. The van der Waals surface area contributed by atoms with Crippen LogP contribution in [-0.4, -0.2) is 11.6 Å². The van der Waals surface area contributed by atoms with Crippen molar-refractivity contribution in [3.8, 4) is 11.5 Å². The summed E-state index contributed by atoms with van der Waals surface area (Å²) in [6.45, 7) is 2.98. The van der Waals surface area contributed by atoms with E-state index in [1.54, 1.807) is 17.5 Å². The second kappa shape index (κ2) is 6.61. The van der Waals surface area contributed by atoms with Crippen LogP contribution in [-0.2, 0) is 12.5 Å². The van der Waals surface area contributed by atoms with Crippen LogP contribution in [0.4, 0.5) is 0 Å². The lowest BCUT2D eigenvalue weighted by molar-refractivity contribution is 0.267. The third-order valence-electron chi connectivity index (χ3n) is 2.33. The van der Waals surface area contributed by atoms with E-state index in [2.05, 4.69) is 4.98 Å². The van der Waals surface area contributed by atoms with Crippen molar-refractivity contribution in [3.05, 3.63) is 40.3 Å². The quantitative estimate of drug-likeness (QED) is 0.755. The molecule has 18 heavy (non-hydrogen) atoms. The lowest BCUT2D eigenvalue weighted by Gasteiger charge is -2.14. The molecule has 1 heterocycles. The zero-order valence-corrected chi connectivity index (χ0v) is 11.6. The smallest absolute Gasteiger partial charge is 0.166 e. The van der Waals surface area contributed by atoms with E-state index < -0.39 is 0 Å². The highest BCUT2D eigenvalue weighted by molar-refractivity contribution is 7.09. The van der Waals surface area contributed by atoms with Gasteiger partial charge in [-0.2, -0.15) is 0 Å². The number of alkyl halides is 1. The molecule has 5 heteroatoms. The van der Waals surface area contributed by atoms with Crippen LogP contribution in [0, 0.1) is 0 Å². The largest absolute Gasteiger partial charge is 0.490 e. The molecule has 0 amide bonds. The highest BCUT2D eigenvalue weighted by atomic mass is 35.5. The Labute approximate surface area is 115 Å². The molecule has 0 aliphatic rings. The van der Waals surface area contributed by atoms with Crippen LogP contribution in [0.3, 0.4) is 0 Å². The minimum absolute atomic E-state index is 0.397. The molecule has 0 N–H and O–H groups in total. The van der Waals surface area contributed by atoms with Crippen LogP contribution < -0.4 is 9.47 Å². The van der Waals surface area contributed by atoms with E-state index in [9.17, 15) is 0 Å². The first-order valence-electron chi connectivity index (χ1n) is 5.67. The fourth-order valence-corrected chi connectivity index (χ4v) is 2.30. The zero-order chi connectivity index (χ0) is 12.8. The van der Waals surface area contributed by atoms with Crippen LogP contribution in [0.1, 0.15) is 17.5 Å². The summed E-state index contributed by atoms with van der Waals surface area (Å²) in [7, 11) is 0. The summed E-state index contributed by atoms with van der Waals surface area (Å²) in [5.74, 6) is 1.84. The van der Waals surface area contributed by atoms with Gasteiger partial charge in [0.15, 0.2) is 11.5 Å². The molecule has 0 bridgehead atoms. The van der Waals surface area contributed by atoms with Crippen molar-refractivity contribution in [2.75, 3.05) is 6.61 Å². The summed E-state index contributed by atoms with van der Waals surface area (Å²) in [5.41, 5.74) is 0.930. The number of ether oxygens (including phenoxy) is 2. The van der Waals surface area contributed by atoms with Gasteiger partial charge in [0.2, 0.25) is 0 Å². The average Bonchev–Trinajstić information content (AvgIpc) is 2.90. The van der Waals surface area contributed by atoms with Crippen molar-refractivity contribution in [1.82, 2.24) is 4.98 Å². The summed E-state index contributed by atoms with van der Waals surface area (Å²) >= 11 is 7.48. The molecule has 0 aliphatic carbocycles. The lowest BCUT2D eigenvalue weighted by Crippen LogP contribution is -2.01. The number of rotatable bonds is 6. The number of benzene rings is 1. The van der Waals surface area contributed by atoms with Gasteiger partial charge in [0.1, 0.15) is 11.6 Å². The third-order valence-corrected chi connectivity index (χ3v) is 3.37. The minimum Gasteiger partial charge on any atom is -0.490 e. The third kappa shape index (κ3) is 3.15. The molecule has 0 spiro atoms. The van der Waals surface area contributed by atoms with Gasteiger partial charge < -0.3 is 9.47 Å². The normalized spacial score (nSPS) is 10.3. The molecule has 0 atom stereocenters. The number of halogens is 1. The number of hydrogen-bond acceptors (Lipinski definition) is 4. The number of thiazole rings is 1. The Balaban J connectivity index is 2.18. The van der Waals surface area contributed by atoms with Gasteiger partial charge >= 0.3 is 0 Å². The van der Waals surface area contributed by atoms with E-state index in [4.69, 9.17) is 21.1 Å². The molecule has 0 radical (unpaired) electrons. The van der Waals surface area contributed by atoms with E-state index in [-0.39, 0.29) is 0 Å². The Morgan fingerprint density at radius 1 is 1.33 bits per heavy atom. The molecule has 1 aromatic heterocycles. The first-order chi connectivity index (χ1) is 8.85. The van der Waals surface area contributed by atoms with Crippen LogP contribution in [0.2, 0.25) is 0 Å². The van der Waals surface area contributed by atoms with Gasteiger partial charge in [-0.25, -0.2) is 4.98 Å². The monoisotopic (exact) mass is 283 g/mol. The van der Waals surface area contributed by atoms with Gasteiger partial charge in [-0.1, -0.05) is 12.1 Å². The van der Waals surface area contributed by atoms with Crippen LogP contribution in [0.5, 0.6) is 11.5 Å². The maximum Gasteiger partial charge on any atom is 0.166 e. The number of para-hydroxylation sites is 1. The van der Waals surface area contributed by atoms with Crippen molar-refractivity contribution < 1.29 is 9.47 Å². The maximum absolute atomic E-state index is 5.92. The van der Waals surface area contributed by atoms with Crippen molar-refractivity contribution in [1.29, 1.82) is 0 Å². The van der Waals surface area contributed by atoms with Gasteiger partial charge in [-0.05, 0) is 13.0 Å². The van der Waals surface area contributed by atoms with Crippen molar-refractivity contribution in [2.24, 2.45) is 0 Å². The fraction of sp³-hybridized carbons (Fsp3) is 0.308. The van der Waals surface area contributed by atoms with Crippen LogP contribution >= 0.6 is 22.9 Å². The topological polar surface area (TPSA) is 31.4 Å². The number of nitrogens with zero attached hydrogens (tertiary/aromatic N) is 1. The second-order valence-corrected chi connectivity index (χ2v) is 4.77. The summed E-state index contributed by atoms with van der Waals surface area (Å²) in [4.78, 5) is 4.18. The van der Waals surface area contributed by atoms with E-state index in [1.165, 1.54) is 0 Å². The number of hydrogen-bond donors (Lipinski definition) is 0. The van der Waals surface area contributed by atoms with Crippen LogP contribution in [0.25, 0.3) is 0 Å². The van der Waals surface area contributed by atoms with Gasteiger partial charge in [0.25, 0.3) is 0 Å². The number of aromatic nitrogens is 1. The molecule has 0 unspecified atom stereocenters. The lowest BCUT2D eigenvalue weighted by atomic mass is 10.2. The van der Waals surface area contributed by atoms with Gasteiger partial charge in [0.05, 0.1) is 12.5 Å². The molecule has 0 saturated carbocycles. The highest BCUT2D eigenvalue weighted by Crippen LogP contribution is 2.33. The van der Waals surface area contributed by atoms with E-state index in [0.29, 0.717) is 24.8 Å². The van der Waals surface area contributed by atoms with Crippen LogP contribution in [0.15, 0.2) is 29.8 Å². The van der Waals surface area contributed by atoms with Gasteiger partial charge in [-0.3, -0.25) is 0 Å². The molecular weight excluding hydrogens is 270 g/mol. The average molecular weight is 284 g/mol. The molecule has 96 valence electrons. The maximum atomic E-state index is 5.92. The van der Waals surface area contributed by atoms with Gasteiger partial charge in [0, 0.05) is 17.1 Å². The Hall–Kier alpha value is -1.26. The van der Waals surface area contributed by atoms with E-state index in [0.717, 1.165) is 16.3 Å².